The Balaban J connectivity index is 1.49. The number of hydrogen-bond acceptors (Lipinski definition) is 5. The van der Waals surface area contributed by atoms with Crippen LogP contribution in [0.4, 0.5) is 0 Å². The molecule has 2 aromatic heterocycles. The Morgan fingerprint density at radius 2 is 2.16 bits per heavy atom. The van der Waals surface area contributed by atoms with Gasteiger partial charge in [0.05, 0.1) is 23.3 Å². The van der Waals surface area contributed by atoms with Gasteiger partial charge in [0.15, 0.2) is 0 Å². The van der Waals surface area contributed by atoms with Crippen LogP contribution in [0.1, 0.15) is 27.3 Å². The molecule has 1 amide bonds. The molecule has 1 atom stereocenters. The minimum absolute atomic E-state index is 0.138. The van der Waals surface area contributed by atoms with Gasteiger partial charge in [-0.3, -0.25) is 4.79 Å². The molecule has 4 rings (SSSR count). The van der Waals surface area contributed by atoms with E-state index >= 15 is 0 Å². The first-order valence-electron chi connectivity index (χ1n) is 8.34. The summed E-state index contributed by atoms with van der Waals surface area (Å²) in [6, 6.07) is 9.80. The van der Waals surface area contributed by atoms with Crippen LogP contribution in [-0.4, -0.2) is 29.2 Å². The van der Waals surface area contributed by atoms with Gasteiger partial charge in [0, 0.05) is 18.2 Å². The third-order valence-corrected chi connectivity index (χ3v) is 4.50. The fraction of sp³-hybridized carbons (Fsp3) is 0.316. The number of aromatic nitrogens is 2. The van der Waals surface area contributed by atoms with Crippen molar-refractivity contribution in [1.29, 1.82) is 0 Å². The highest BCUT2D eigenvalue weighted by Gasteiger charge is 2.22. The van der Waals surface area contributed by atoms with Crippen molar-refractivity contribution in [1.82, 2.24) is 15.5 Å². The van der Waals surface area contributed by atoms with Gasteiger partial charge < -0.3 is 14.6 Å². The van der Waals surface area contributed by atoms with Crippen LogP contribution in [0.3, 0.4) is 0 Å². The summed E-state index contributed by atoms with van der Waals surface area (Å²) >= 11 is 0. The van der Waals surface area contributed by atoms with Gasteiger partial charge in [0.25, 0.3) is 11.6 Å². The van der Waals surface area contributed by atoms with Crippen molar-refractivity contribution >= 4 is 17.0 Å². The molecule has 1 aromatic carbocycles. The lowest BCUT2D eigenvalue weighted by Gasteiger charge is -2.25. The summed E-state index contributed by atoms with van der Waals surface area (Å²) in [6.07, 6.45) is 0.896. The number of pyridine rings is 1. The molecule has 0 saturated heterocycles. The zero-order chi connectivity index (χ0) is 17.4. The number of carbonyl (C=O) groups excluding carboxylic acids is 1. The van der Waals surface area contributed by atoms with E-state index in [9.17, 15) is 4.79 Å². The van der Waals surface area contributed by atoms with Crippen LogP contribution >= 0.6 is 0 Å². The summed E-state index contributed by atoms with van der Waals surface area (Å²) in [4.78, 5) is 17.0. The maximum Gasteiger partial charge on any atom is 0.258 e. The van der Waals surface area contributed by atoms with Gasteiger partial charge in [-0.2, -0.15) is 0 Å². The molecule has 0 unspecified atom stereocenters. The van der Waals surface area contributed by atoms with Crippen molar-refractivity contribution in [2.75, 3.05) is 13.2 Å². The van der Waals surface area contributed by atoms with Crippen molar-refractivity contribution < 1.29 is 14.1 Å². The number of fused-ring (bicyclic) bond motifs is 2. The van der Waals surface area contributed by atoms with Gasteiger partial charge in [0.2, 0.25) is 0 Å². The Bertz CT molecular complexity index is 948. The van der Waals surface area contributed by atoms with E-state index in [4.69, 9.17) is 9.26 Å². The molecule has 1 aliphatic heterocycles. The standard InChI is InChI=1S/C19H19N3O3/c1-11-7-15(17-12(2)22-25-19(17)21-11)18(23)20-9-13-8-14-5-3-4-6-16(14)24-10-13/h3-7,13H,8-10H2,1-2H3,(H,20,23)/t13-/m1/s1. The highest BCUT2D eigenvalue weighted by atomic mass is 16.5. The summed E-state index contributed by atoms with van der Waals surface area (Å²) < 4.78 is 11.0. The molecule has 0 saturated carbocycles. The fourth-order valence-electron chi connectivity index (χ4n) is 3.25. The molecule has 25 heavy (non-hydrogen) atoms. The van der Waals surface area contributed by atoms with Crippen LogP contribution in [0.2, 0.25) is 0 Å². The second kappa shape index (κ2) is 6.20. The molecule has 0 radical (unpaired) electrons. The first kappa shape index (κ1) is 15.6. The zero-order valence-corrected chi connectivity index (χ0v) is 14.2. The number of carbonyl (C=O) groups is 1. The van der Waals surface area contributed by atoms with E-state index in [1.165, 1.54) is 5.56 Å². The van der Waals surface area contributed by atoms with Crippen LogP contribution in [0.25, 0.3) is 11.1 Å². The Labute approximate surface area is 145 Å². The summed E-state index contributed by atoms with van der Waals surface area (Å²) in [6.45, 7) is 4.81. The molecule has 1 N–H and O–H groups in total. The van der Waals surface area contributed by atoms with E-state index in [0.717, 1.165) is 17.9 Å². The van der Waals surface area contributed by atoms with E-state index in [1.54, 1.807) is 6.07 Å². The van der Waals surface area contributed by atoms with Gasteiger partial charge in [-0.25, -0.2) is 4.98 Å². The topological polar surface area (TPSA) is 77.2 Å². The molecule has 128 valence electrons. The summed E-state index contributed by atoms with van der Waals surface area (Å²) in [5.41, 5.74) is 3.53. The van der Waals surface area contributed by atoms with E-state index in [2.05, 4.69) is 21.5 Å². The number of nitrogens with zero attached hydrogens (tertiary/aromatic N) is 2. The van der Waals surface area contributed by atoms with Crippen molar-refractivity contribution in [2.24, 2.45) is 5.92 Å². The number of ether oxygens (including phenoxy) is 1. The maximum atomic E-state index is 12.7. The number of rotatable bonds is 3. The number of benzene rings is 1. The molecular weight excluding hydrogens is 318 g/mol. The van der Waals surface area contributed by atoms with Gasteiger partial charge >= 0.3 is 0 Å². The number of para-hydroxylation sites is 1. The Hall–Kier alpha value is -2.89. The summed E-state index contributed by atoms with van der Waals surface area (Å²) in [5, 5.41) is 7.61. The van der Waals surface area contributed by atoms with Crippen LogP contribution in [0, 0.1) is 19.8 Å². The first-order valence-corrected chi connectivity index (χ1v) is 8.34. The van der Waals surface area contributed by atoms with Gasteiger partial charge in [-0.1, -0.05) is 23.4 Å². The number of hydrogen-bond donors (Lipinski definition) is 1. The smallest absolute Gasteiger partial charge is 0.258 e. The lowest BCUT2D eigenvalue weighted by atomic mass is 9.96. The molecule has 0 fully saturated rings. The minimum atomic E-state index is -0.138. The summed E-state index contributed by atoms with van der Waals surface area (Å²) in [5.74, 6) is 1.05. The van der Waals surface area contributed by atoms with Gasteiger partial charge in [0.1, 0.15) is 5.75 Å². The van der Waals surface area contributed by atoms with Crippen LogP contribution in [0.15, 0.2) is 34.9 Å². The van der Waals surface area contributed by atoms with E-state index < -0.39 is 0 Å². The first-order chi connectivity index (χ1) is 12.1. The second-order valence-corrected chi connectivity index (χ2v) is 6.46. The van der Waals surface area contributed by atoms with Crippen molar-refractivity contribution in [3.05, 3.63) is 52.8 Å². The van der Waals surface area contributed by atoms with E-state index in [0.29, 0.717) is 35.5 Å². The molecule has 0 aliphatic carbocycles. The summed E-state index contributed by atoms with van der Waals surface area (Å²) in [7, 11) is 0. The molecule has 0 spiro atoms. The van der Waals surface area contributed by atoms with Crippen molar-refractivity contribution in [2.45, 2.75) is 20.3 Å². The number of aryl methyl sites for hydroxylation is 2. The third kappa shape index (κ3) is 2.95. The molecule has 1 aliphatic rings. The van der Waals surface area contributed by atoms with Gasteiger partial charge in [-0.15, -0.1) is 0 Å². The molecule has 0 bridgehead atoms. The normalized spacial score (nSPS) is 16.3. The monoisotopic (exact) mass is 337 g/mol. The van der Waals surface area contributed by atoms with Crippen LogP contribution in [-0.2, 0) is 6.42 Å². The molecular formula is C19H19N3O3. The molecule has 6 heteroatoms. The lowest BCUT2D eigenvalue weighted by molar-refractivity contribution is 0.0940. The Morgan fingerprint density at radius 1 is 1.32 bits per heavy atom. The Kier molecular flexibility index (Phi) is 3.87. The maximum absolute atomic E-state index is 12.7. The van der Waals surface area contributed by atoms with E-state index in [-0.39, 0.29) is 11.8 Å². The average molecular weight is 337 g/mol. The molecule has 6 nitrogen and oxygen atoms in total. The SMILES string of the molecule is Cc1cc(C(=O)NC[C@@H]2COc3ccccc3C2)c2c(C)noc2n1. The molecule has 3 aromatic rings. The average Bonchev–Trinajstić information content (AvgIpc) is 2.99. The molecule has 3 heterocycles. The fourth-order valence-corrected chi connectivity index (χ4v) is 3.25. The predicted molar refractivity (Wildman–Crippen MR) is 92.7 cm³/mol. The zero-order valence-electron chi connectivity index (χ0n) is 14.2. The third-order valence-electron chi connectivity index (χ3n) is 4.50. The van der Waals surface area contributed by atoms with Gasteiger partial charge in [-0.05, 0) is 38.0 Å². The number of nitrogens with one attached hydrogen (secondary N) is 1. The minimum Gasteiger partial charge on any atom is -0.493 e. The van der Waals surface area contributed by atoms with Crippen molar-refractivity contribution in [3.8, 4) is 5.75 Å². The second-order valence-electron chi connectivity index (χ2n) is 6.46. The van der Waals surface area contributed by atoms with Crippen molar-refractivity contribution in [3.63, 3.8) is 0 Å². The quantitative estimate of drug-likeness (QED) is 0.795. The highest BCUT2D eigenvalue weighted by molar-refractivity contribution is 6.06. The lowest BCUT2D eigenvalue weighted by Crippen LogP contribution is -2.35. The van der Waals surface area contributed by atoms with Crippen LogP contribution < -0.4 is 10.1 Å². The highest BCUT2D eigenvalue weighted by Crippen LogP contribution is 2.27. The Morgan fingerprint density at radius 3 is 3.04 bits per heavy atom. The largest absolute Gasteiger partial charge is 0.493 e. The number of amides is 1. The predicted octanol–water partition coefficient (Wildman–Crippen LogP) is 2.82. The van der Waals surface area contributed by atoms with E-state index in [1.807, 2.05) is 32.0 Å². The van der Waals surface area contributed by atoms with Crippen LogP contribution in [0.5, 0.6) is 5.75 Å².